The molecule has 0 spiro atoms. The fourth-order valence-corrected chi connectivity index (χ4v) is 2.53. The molecule has 0 radical (unpaired) electrons. The van der Waals surface area contributed by atoms with Crippen molar-refractivity contribution in [2.45, 2.75) is 51.7 Å². The van der Waals surface area contributed by atoms with Gasteiger partial charge in [-0.05, 0) is 40.0 Å². The lowest BCUT2D eigenvalue weighted by atomic mass is 10.1. The number of carbonyl (C=O) groups excluding carboxylic acids is 1. The highest BCUT2D eigenvalue weighted by Gasteiger charge is 2.15. The summed E-state index contributed by atoms with van der Waals surface area (Å²) < 4.78 is 5.19. The van der Waals surface area contributed by atoms with E-state index in [2.05, 4.69) is 15.2 Å². The van der Waals surface area contributed by atoms with Crippen LogP contribution in [0.15, 0.2) is 4.99 Å². The van der Waals surface area contributed by atoms with Crippen molar-refractivity contribution in [3.05, 3.63) is 0 Å². The van der Waals surface area contributed by atoms with E-state index in [9.17, 15) is 4.79 Å². The van der Waals surface area contributed by atoms with Gasteiger partial charge in [-0.2, -0.15) is 0 Å². The summed E-state index contributed by atoms with van der Waals surface area (Å²) in [6, 6.07) is -0.158. The number of rotatable bonds is 14. The van der Waals surface area contributed by atoms with Gasteiger partial charge < -0.3 is 33.0 Å². The molecule has 0 saturated heterocycles. The number of amides is 1. The maximum Gasteiger partial charge on any atom is 0.407 e. The lowest BCUT2D eigenvalue weighted by Gasteiger charge is -2.20. The van der Waals surface area contributed by atoms with Crippen molar-refractivity contribution in [3.63, 3.8) is 0 Å². The monoisotopic (exact) mass is 387 g/mol. The predicted octanol–water partition coefficient (Wildman–Crippen LogP) is -0.372. The summed E-state index contributed by atoms with van der Waals surface area (Å²) in [6.45, 7) is 10.7. The minimum Gasteiger partial charge on any atom is -0.444 e. The molecular weight excluding hydrogens is 346 g/mol. The summed E-state index contributed by atoms with van der Waals surface area (Å²) in [5, 5.41) is 2.74. The van der Waals surface area contributed by atoms with Gasteiger partial charge in [0.2, 0.25) is 0 Å². The van der Waals surface area contributed by atoms with Crippen LogP contribution in [0.5, 0.6) is 0 Å². The Bertz CT molecular complexity index is 418. The van der Waals surface area contributed by atoms with Crippen LogP contribution in [0.2, 0.25) is 0 Å². The highest BCUT2D eigenvalue weighted by molar-refractivity contribution is 5.91. The first kappa shape index (κ1) is 25.7. The number of ether oxygens (including phenoxy) is 1. The maximum absolute atomic E-state index is 11.6. The minimum absolute atomic E-state index is 0.158. The van der Waals surface area contributed by atoms with Gasteiger partial charge in [0, 0.05) is 57.6 Å². The predicted molar refractivity (Wildman–Crippen MR) is 112 cm³/mol. The fourth-order valence-electron chi connectivity index (χ4n) is 2.53. The Labute approximate surface area is 164 Å². The number of aliphatic imine (C=N–C) groups is 1. The van der Waals surface area contributed by atoms with Gasteiger partial charge in [-0.3, -0.25) is 9.89 Å². The second kappa shape index (κ2) is 14.8. The van der Waals surface area contributed by atoms with Crippen molar-refractivity contribution in [1.29, 1.82) is 0 Å². The quantitative estimate of drug-likeness (QED) is 0.201. The Balaban J connectivity index is 4.11. The molecule has 9 N–H and O–H groups in total. The van der Waals surface area contributed by atoms with Gasteiger partial charge in [0.15, 0.2) is 0 Å². The SMILES string of the molecule is CC(C)(C)OC(=O)NCCCCC(N)C(CN)=NCCN(CCN)CCN. The van der Waals surface area contributed by atoms with Crippen LogP contribution in [-0.4, -0.2) is 80.7 Å². The van der Waals surface area contributed by atoms with Gasteiger partial charge in [-0.1, -0.05) is 0 Å². The molecule has 9 nitrogen and oxygen atoms in total. The van der Waals surface area contributed by atoms with Gasteiger partial charge in [0.1, 0.15) is 5.60 Å². The van der Waals surface area contributed by atoms with Crippen LogP contribution in [0, 0.1) is 0 Å². The number of carbonyl (C=O) groups is 1. The summed E-state index contributed by atoms with van der Waals surface area (Å²) in [5.74, 6) is 0. The summed E-state index contributed by atoms with van der Waals surface area (Å²) in [7, 11) is 0. The van der Waals surface area contributed by atoms with Crippen LogP contribution in [0.3, 0.4) is 0 Å². The van der Waals surface area contributed by atoms with E-state index < -0.39 is 11.7 Å². The second-order valence-corrected chi connectivity index (χ2v) is 7.53. The molecule has 0 aliphatic heterocycles. The second-order valence-electron chi connectivity index (χ2n) is 7.53. The van der Waals surface area contributed by atoms with Crippen LogP contribution in [0.4, 0.5) is 4.79 Å². The number of nitrogens with zero attached hydrogens (tertiary/aromatic N) is 2. The largest absolute Gasteiger partial charge is 0.444 e. The van der Waals surface area contributed by atoms with Crippen molar-refractivity contribution in [2.75, 3.05) is 52.4 Å². The van der Waals surface area contributed by atoms with E-state index in [0.717, 1.165) is 44.6 Å². The molecule has 1 amide bonds. The van der Waals surface area contributed by atoms with E-state index in [4.69, 9.17) is 27.7 Å². The van der Waals surface area contributed by atoms with E-state index in [0.29, 0.717) is 32.7 Å². The zero-order valence-corrected chi connectivity index (χ0v) is 17.4. The average Bonchev–Trinajstić information content (AvgIpc) is 2.57. The van der Waals surface area contributed by atoms with Crippen molar-refractivity contribution in [1.82, 2.24) is 10.2 Å². The molecule has 27 heavy (non-hydrogen) atoms. The van der Waals surface area contributed by atoms with Crippen LogP contribution < -0.4 is 28.3 Å². The molecule has 0 aliphatic rings. The number of nitrogens with one attached hydrogen (secondary N) is 1. The Hall–Kier alpha value is -1.26. The smallest absolute Gasteiger partial charge is 0.407 e. The molecule has 0 fully saturated rings. The van der Waals surface area contributed by atoms with Crippen LogP contribution in [0.1, 0.15) is 40.0 Å². The highest BCUT2D eigenvalue weighted by Crippen LogP contribution is 2.06. The number of unbranched alkanes of at least 4 members (excludes halogenated alkanes) is 1. The molecule has 0 aromatic heterocycles. The lowest BCUT2D eigenvalue weighted by Crippen LogP contribution is -2.38. The summed E-state index contributed by atoms with van der Waals surface area (Å²) >= 11 is 0. The molecule has 1 unspecified atom stereocenters. The van der Waals surface area contributed by atoms with Crippen molar-refractivity contribution < 1.29 is 9.53 Å². The van der Waals surface area contributed by atoms with E-state index >= 15 is 0 Å². The first-order chi connectivity index (χ1) is 12.7. The highest BCUT2D eigenvalue weighted by atomic mass is 16.6. The van der Waals surface area contributed by atoms with Crippen molar-refractivity contribution in [2.24, 2.45) is 27.9 Å². The molecule has 160 valence electrons. The zero-order valence-electron chi connectivity index (χ0n) is 17.4. The Morgan fingerprint density at radius 2 is 1.74 bits per heavy atom. The first-order valence-corrected chi connectivity index (χ1v) is 9.81. The van der Waals surface area contributed by atoms with Gasteiger partial charge in [0.05, 0.1) is 6.54 Å². The third kappa shape index (κ3) is 14.5. The fraction of sp³-hybridized carbons (Fsp3) is 0.889. The molecule has 0 saturated carbocycles. The molecular formula is C18H41N7O2. The normalized spacial score (nSPS) is 13.7. The summed E-state index contributed by atoms with van der Waals surface area (Å²) in [5.41, 5.74) is 23.6. The zero-order chi connectivity index (χ0) is 20.7. The molecule has 0 aliphatic carbocycles. The number of hydrogen-bond donors (Lipinski definition) is 5. The Morgan fingerprint density at radius 1 is 1.11 bits per heavy atom. The molecule has 9 heteroatoms. The van der Waals surface area contributed by atoms with Gasteiger partial charge in [-0.15, -0.1) is 0 Å². The first-order valence-electron chi connectivity index (χ1n) is 9.81. The van der Waals surface area contributed by atoms with Gasteiger partial charge >= 0.3 is 6.09 Å². The number of alkyl carbamates (subject to hydrolysis) is 1. The maximum atomic E-state index is 11.6. The molecule has 0 heterocycles. The van der Waals surface area contributed by atoms with Crippen LogP contribution in [0.25, 0.3) is 0 Å². The van der Waals surface area contributed by atoms with Gasteiger partial charge in [0.25, 0.3) is 0 Å². The summed E-state index contributed by atoms with van der Waals surface area (Å²) in [4.78, 5) is 18.3. The van der Waals surface area contributed by atoms with E-state index in [-0.39, 0.29) is 6.04 Å². The van der Waals surface area contributed by atoms with Crippen LogP contribution >= 0.6 is 0 Å². The Kier molecular flexibility index (Phi) is 14.1. The van der Waals surface area contributed by atoms with E-state index in [1.54, 1.807) is 0 Å². The number of nitrogens with two attached hydrogens (primary N) is 4. The topological polar surface area (TPSA) is 158 Å². The molecule has 1 atom stereocenters. The molecule has 0 aromatic carbocycles. The third-order valence-electron chi connectivity index (χ3n) is 3.87. The van der Waals surface area contributed by atoms with Crippen molar-refractivity contribution >= 4 is 11.8 Å². The lowest BCUT2D eigenvalue weighted by molar-refractivity contribution is 0.0527. The average molecular weight is 388 g/mol. The van der Waals surface area contributed by atoms with E-state index in [1.165, 1.54) is 0 Å². The standard InChI is InChI=1S/C18H41N7O2/c1-18(2,3)27-17(26)24-9-5-4-6-15(22)16(14-21)23-10-13-25(11-7-19)12-8-20/h15H,4-14,19-22H2,1-3H3,(H,24,26). The summed E-state index contributed by atoms with van der Waals surface area (Å²) in [6.07, 6.45) is 2.09. The van der Waals surface area contributed by atoms with Crippen molar-refractivity contribution in [3.8, 4) is 0 Å². The Morgan fingerprint density at radius 3 is 2.26 bits per heavy atom. The molecule has 0 bridgehead atoms. The molecule has 0 rings (SSSR count). The molecule has 0 aromatic rings. The number of hydrogen-bond acceptors (Lipinski definition) is 8. The van der Waals surface area contributed by atoms with Crippen LogP contribution in [-0.2, 0) is 4.74 Å². The van der Waals surface area contributed by atoms with E-state index in [1.807, 2.05) is 20.8 Å². The minimum atomic E-state index is -0.483. The van der Waals surface area contributed by atoms with Gasteiger partial charge in [-0.25, -0.2) is 4.79 Å². The third-order valence-corrected chi connectivity index (χ3v) is 3.87.